The molecule has 0 bridgehead atoms. The molecule has 8 heteroatoms. The first-order valence-electron chi connectivity index (χ1n) is 10.0. The van der Waals surface area contributed by atoms with E-state index in [0.29, 0.717) is 29.0 Å². The van der Waals surface area contributed by atoms with Crippen LogP contribution in [0.25, 0.3) is 5.52 Å². The molecule has 6 nitrogen and oxygen atoms in total. The third-order valence-corrected chi connectivity index (χ3v) is 5.56. The molecule has 0 saturated carbocycles. The van der Waals surface area contributed by atoms with Gasteiger partial charge < -0.3 is 10.2 Å². The molecule has 0 radical (unpaired) electrons. The Balaban J connectivity index is 1.49. The summed E-state index contributed by atoms with van der Waals surface area (Å²) < 4.78 is 29.8. The number of carbonyl (C=O) groups excluding carboxylic acids is 1. The van der Waals surface area contributed by atoms with Gasteiger partial charge in [-0.25, -0.2) is 18.3 Å². The fourth-order valence-electron chi connectivity index (χ4n) is 4.11. The number of anilines is 2. The van der Waals surface area contributed by atoms with Gasteiger partial charge in [-0.15, -0.1) is 0 Å². The molecule has 4 aromatic rings. The third-order valence-electron chi connectivity index (χ3n) is 5.56. The number of pyridine rings is 2. The van der Waals surface area contributed by atoms with Crippen LogP contribution in [0.2, 0.25) is 0 Å². The second-order valence-electron chi connectivity index (χ2n) is 7.46. The molecule has 4 heterocycles. The van der Waals surface area contributed by atoms with Crippen molar-refractivity contribution >= 4 is 22.9 Å². The fraction of sp³-hybridized carbons (Fsp3) is 0.174. The Morgan fingerprint density at radius 1 is 1.13 bits per heavy atom. The van der Waals surface area contributed by atoms with Crippen molar-refractivity contribution in [1.29, 1.82) is 0 Å². The van der Waals surface area contributed by atoms with Crippen LogP contribution in [0.15, 0.2) is 67.1 Å². The maximum atomic E-state index is 14.4. The smallest absolute Gasteiger partial charge is 0.260 e. The van der Waals surface area contributed by atoms with E-state index in [2.05, 4.69) is 15.4 Å². The van der Waals surface area contributed by atoms with Crippen LogP contribution in [0.5, 0.6) is 0 Å². The van der Waals surface area contributed by atoms with E-state index in [1.54, 1.807) is 35.1 Å². The van der Waals surface area contributed by atoms with Crippen molar-refractivity contribution in [2.24, 2.45) is 0 Å². The van der Waals surface area contributed by atoms with E-state index >= 15 is 0 Å². The van der Waals surface area contributed by atoms with Crippen LogP contribution in [-0.4, -0.2) is 27.0 Å². The number of amides is 1. The van der Waals surface area contributed by atoms with Crippen LogP contribution in [0.3, 0.4) is 0 Å². The summed E-state index contributed by atoms with van der Waals surface area (Å²) >= 11 is 0. The van der Waals surface area contributed by atoms with Crippen molar-refractivity contribution in [2.45, 2.75) is 18.9 Å². The van der Waals surface area contributed by atoms with Crippen LogP contribution in [0.4, 0.5) is 20.3 Å². The highest BCUT2D eigenvalue weighted by Gasteiger charge is 2.29. The molecule has 1 N–H and O–H groups in total. The van der Waals surface area contributed by atoms with E-state index in [1.807, 2.05) is 17.0 Å². The minimum atomic E-state index is -0.456. The molecule has 0 aliphatic carbocycles. The Hall–Kier alpha value is -3.81. The van der Waals surface area contributed by atoms with E-state index < -0.39 is 11.6 Å². The molecule has 1 unspecified atom stereocenters. The van der Waals surface area contributed by atoms with Gasteiger partial charge >= 0.3 is 0 Å². The molecule has 156 valence electrons. The standard InChI is InChI=1S/C23H19F2N5O/c24-15-6-7-19(25)17(12-15)20-4-3-10-29(20)16-8-11-30-21(13-16)18(14-27-30)23(31)28-22-5-1-2-9-26-22/h1-2,5-9,11-14,20H,3-4,10H2,(H,26,28,31). The number of benzene rings is 1. The van der Waals surface area contributed by atoms with Gasteiger partial charge in [-0.1, -0.05) is 6.07 Å². The first kappa shape index (κ1) is 19.2. The highest BCUT2D eigenvalue weighted by atomic mass is 19.1. The zero-order valence-electron chi connectivity index (χ0n) is 16.5. The number of aromatic nitrogens is 3. The highest BCUT2D eigenvalue weighted by molar-refractivity contribution is 6.08. The highest BCUT2D eigenvalue weighted by Crippen LogP contribution is 2.38. The zero-order chi connectivity index (χ0) is 21.4. The summed E-state index contributed by atoms with van der Waals surface area (Å²) in [5.41, 5.74) is 2.20. The Labute approximate surface area is 177 Å². The normalized spacial score (nSPS) is 16.1. The summed E-state index contributed by atoms with van der Waals surface area (Å²) in [5, 5.41) is 7.02. The van der Waals surface area contributed by atoms with Crippen LogP contribution in [0.1, 0.15) is 34.8 Å². The van der Waals surface area contributed by atoms with Gasteiger partial charge in [0.05, 0.1) is 23.3 Å². The number of fused-ring (bicyclic) bond motifs is 1. The lowest BCUT2D eigenvalue weighted by atomic mass is 10.0. The number of carbonyl (C=O) groups is 1. The molecule has 31 heavy (non-hydrogen) atoms. The summed E-state index contributed by atoms with van der Waals surface area (Å²) in [4.78, 5) is 18.9. The summed E-state index contributed by atoms with van der Waals surface area (Å²) in [6.45, 7) is 0.709. The van der Waals surface area contributed by atoms with Gasteiger partial charge in [-0.3, -0.25) is 4.79 Å². The van der Waals surface area contributed by atoms with Crippen LogP contribution < -0.4 is 10.2 Å². The number of halogens is 2. The SMILES string of the molecule is O=C(Nc1ccccn1)c1cnn2ccc(N3CCCC3c3cc(F)ccc3F)cc12. The topological polar surface area (TPSA) is 62.5 Å². The fourth-order valence-corrected chi connectivity index (χ4v) is 4.11. The molecule has 1 saturated heterocycles. The van der Waals surface area contributed by atoms with Gasteiger partial charge in [-0.05, 0) is 55.3 Å². The summed E-state index contributed by atoms with van der Waals surface area (Å²) in [6.07, 6.45) is 6.45. The minimum absolute atomic E-state index is 0.271. The first-order valence-corrected chi connectivity index (χ1v) is 10.0. The first-order chi connectivity index (χ1) is 15.1. The summed E-state index contributed by atoms with van der Waals surface area (Å²) in [6, 6.07) is 12.3. The molecule has 0 spiro atoms. The largest absolute Gasteiger partial charge is 0.364 e. The zero-order valence-corrected chi connectivity index (χ0v) is 16.5. The maximum Gasteiger partial charge on any atom is 0.260 e. The van der Waals surface area contributed by atoms with Gasteiger partial charge in [-0.2, -0.15) is 5.10 Å². The summed E-state index contributed by atoms with van der Waals surface area (Å²) in [5.74, 6) is -0.744. The molecule has 1 atom stereocenters. The molecule has 1 aromatic carbocycles. The lowest BCUT2D eigenvalue weighted by Gasteiger charge is -2.27. The van der Waals surface area contributed by atoms with Crippen LogP contribution in [-0.2, 0) is 0 Å². The van der Waals surface area contributed by atoms with E-state index in [1.165, 1.54) is 18.3 Å². The van der Waals surface area contributed by atoms with Crippen molar-refractivity contribution < 1.29 is 13.6 Å². The van der Waals surface area contributed by atoms with Gasteiger partial charge in [0, 0.05) is 30.2 Å². The molecule has 1 fully saturated rings. The van der Waals surface area contributed by atoms with Crippen molar-refractivity contribution in [3.8, 4) is 0 Å². The number of nitrogens with one attached hydrogen (secondary N) is 1. The molecule has 5 rings (SSSR count). The lowest BCUT2D eigenvalue weighted by Crippen LogP contribution is -2.23. The average Bonchev–Trinajstić information content (AvgIpc) is 3.43. The Bertz CT molecular complexity index is 1260. The predicted octanol–water partition coefficient (Wildman–Crippen LogP) is 4.60. The Morgan fingerprint density at radius 3 is 2.87 bits per heavy atom. The second kappa shape index (κ2) is 7.79. The molecular formula is C23H19F2N5O. The number of hydrogen-bond donors (Lipinski definition) is 1. The number of nitrogens with zero attached hydrogens (tertiary/aromatic N) is 4. The monoisotopic (exact) mass is 419 g/mol. The van der Waals surface area contributed by atoms with Crippen molar-refractivity contribution in [3.63, 3.8) is 0 Å². The van der Waals surface area contributed by atoms with Gasteiger partial charge in [0.1, 0.15) is 17.5 Å². The van der Waals surface area contributed by atoms with Crippen LogP contribution >= 0.6 is 0 Å². The van der Waals surface area contributed by atoms with E-state index in [9.17, 15) is 13.6 Å². The van der Waals surface area contributed by atoms with Gasteiger partial charge in [0.25, 0.3) is 5.91 Å². The predicted molar refractivity (Wildman–Crippen MR) is 113 cm³/mol. The lowest BCUT2D eigenvalue weighted by molar-refractivity contribution is 0.102. The van der Waals surface area contributed by atoms with E-state index in [0.717, 1.165) is 24.6 Å². The van der Waals surface area contributed by atoms with E-state index in [4.69, 9.17) is 0 Å². The molecule has 1 amide bonds. The van der Waals surface area contributed by atoms with Gasteiger partial charge in [0.2, 0.25) is 0 Å². The molecule has 3 aromatic heterocycles. The number of rotatable bonds is 4. The molecule has 1 aliphatic heterocycles. The minimum Gasteiger partial charge on any atom is -0.364 e. The molecule has 1 aliphatic rings. The van der Waals surface area contributed by atoms with Crippen LogP contribution in [0, 0.1) is 11.6 Å². The van der Waals surface area contributed by atoms with Crippen molar-refractivity contribution in [2.75, 3.05) is 16.8 Å². The Kier molecular flexibility index (Phi) is 4.82. The Morgan fingerprint density at radius 2 is 2.03 bits per heavy atom. The quantitative estimate of drug-likeness (QED) is 0.525. The average molecular weight is 419 g/mol. The van der Waals surface area contributed by atoms with Gasteiger partial charge in [0.15, 0.2) is 0 Å². The second-order valence-corrected chi connectivity index (χ2v) is 7.46. The number of hydrogen-bond acceptors (Lipinski definition) is 4. The van der Waals surface area contributed by atoms with E-state index in [-0.39, 0.29) is 11.9 Å². The molecular weight excluding hydrogens is 400 g/mol. The maximum absolute atomic E-state index is 14.4. The third kappa shape index (κ3) is 3.61. The summed E-state index contributed by atoms with van der Waals surface area (Å²) in [7, 11) is 0. The van der Waals surface area contributed by atoms with Crippen molar-refractivity contribution in [3.05, 3.63) is 89.9 Å². The van der Waals surface area contributed by atoms with Crippen molar-refractivity contribution in [1.82, 2.24) is 14.6 Å².